The van der Waals surface area contributed by atoms with Gasteiger partial charge in [0.2, 0.25) is 5.78 Å². The lowest BCUT2D eigenvalue weighted by atomic mass is 9.98. The summed E-state index contributed by atoms with van der Waals surface area (Å²) in [5.41, 5.74) is 1.26. The van der Waals surface area contributed by atoms with Gasteiger partial charge in [0.25, 0.3) is 5.91 Å². The van der Waals surface area contributed by atoms with Crippen molar-refractivity contribution in [2.45, 2.75) is 11.8 Å². The summed E-state index contributed by atoms with van der Waals surface area (Å²) in [4.78, 5) is 41.2. The predicted octanol–water partition coefficient (Wildman–Crippen LogP) is 1.68. The van der Waals surface area contributed by atoms with E-state index in [0.717, 1.165) is 29.5 Å². The minimum Gasteiger partial charge on any atom is -0.395 e. The quantitative estimate of drug-likeness (QED) is 0.474. The fourth-order valence-electron chi connectivity index (χ4n) is 4.84. The minimum atomic E-state index is -0.375. The van der Waals surface area contributed by atoms with Gasteiger partial charge in [0.15, 0.2) is 5.84 Å². The summed E-state index contributed by atoms with van der Waals surface area (Å²) in [6.45, 7) is 11.7. The van der Waals surface area contributed by atoms with Crippen molar-refractivity contribution in [3.63, 3.8) is 0 Å². The summed E-state index contributed by atoms with van der Waals surface area (Å²) in [5.74, 6) is 0.561. The van der Waals surface area contributed by atoms with Crippen molar-refractivity contribution >= 4 is 35.0 Å². The molecule has 36 heavy (non-hydrogen) atoms. The molecule has 0 bridgehead atoms. The van der Waals surface area contributed by atoms with Gasteiger partial charge in [0.05, 0.1) is 31.1 Å². The Morgan fingerprint density at radius 3 is 2.56 bits per heavy atom. The molecule has 1 aromatic carbocycles. The van der Waals surface area contributed by atoms with Crippen molar-refractivity contribution in [1.82, 2.24) is 14.7 Å². The van der Waals surface area contributed by atoms with Crippen LogP contribution in [0, 0.1) is 0 Å². The molecule has 0 unspecified atom stereocenters. The number of ether oxygens (including phenoxy) is 1. The number of β-amino-alcohol motifs (C(OH)–C–C–N with tert-alkyl or cyclic N) is 1. The molecule has 10 heteroatoms. The maximum absolute atomic E-state index is 13.7. The largest absolute Gasteiger partial charge is 0.395 e. The number of carbonyl (C=O) groups is 2. The molecular formula is C26H31N5O4S. The number of amides is 1. The van der Waals surface area contributed by atoms with Gasteiger partial charge in [-0.05, 0) is 25.1 Å². The molecule has 190 valence electrons. The molecule has 1 aromatic rings. The Labute approximate surface area is 215 Å². The number of benzene rings is 1. The number of morpholine rings is 1. The van der Waals surface area contributed by atoms with E-state index in [-0.39, 0.29) is 29.4 Å². The van der Waals surface area contributed by atoms with Crippen molar-refractivity contribution in [3.8, 4) is 0 Å². The van der Waals surface area contributed by atoms with Crippen LogP contribution in [0.1, 0.15) is 6.92 Å². The molecule has 5 rings (SSSR count). The van der Waals surface area contributed by atoms with Crippen LogP contribution in [0.3, 0.4) is 0 Å². The van der Waals surface area contributed by atoms with Crippen LogP contribution in [0.5, 0.6) is 0 Å². The monoisotopic (exact) mass is 509 g/mol. The second kappa shape index (κ2) is 10.6. The third-order valence-corrected chi connectivity index (χ3v) is 7.96. The molecule has 0 radical (unpaired) electrons. The van der Waals surface area contributed by atoms with E-state index in [0.29, 0.717) is 56.8 Å². The number of hydrogen-bond donors (Lipinski definition) is 1. The Kier molecular flexibility index (Phi) is 7.29. The highest BCUT2D eigenvalue weighted by Crippen LogP contribution is 2.50. The van der Waals surface area contributed by atoms with Crippen LogP contribution in [0.15, 0.2) is 68.8 Å². The highest BCUT2D eigenvalue weighted by molar-refractivity contribution is 8.04. The van der Waals surface area contributed by atoms with Crippen LogP contribution in [-0.4, -0.2) is 103 Å². The molecule has 0 aliphatic carbocycles. The predicted molar refractivity (Wildman–Crippen MR) is 140 cm³/mol. The molecule has 4 heterocycles. The van der Waals surface area contributed by atoms with E-state index in [1.807, 2.05) is 42.2 Å². The number of ketones is 1. The number of Topliss-reactive ketones (excluding diaryl/α,β-unsaturated/α-hetero) is 1. The molecule has 0 atom stereocenters. The van der Waals surface area contributed by atoms with E-state index < -0.39 is 0 Å². The summed E-state index contributed by atoms with van der Waals surface area (Å²) < 4.78 is 5.49. The van der Waals surface area contributed by atoms with E-state index >= 15 is 0 Å². The summed E-state index contributed by atoms with van der Waals surface area (Å²) >= 11 is 1.43. The molecule has 0 aromatic heterocycles. The van der Waals surface area contributed by atoms with E-state index in [2.05, 4.69) is 16.4 Å². The Bertz CT molecular complexity index is 1160. The lowest BCUT2D eigenvalue weighted by Crippen LogP contribution is -2.51. The second-order valence-electron chi connectivity index (χ2n) is 8.93. The number of carbonyl (C=O) groups excluding carboxylic acids is 2. The van der Waals surface area contributed by atoms with Crippen LogP contribution >= 0.6 is 11.8 Å². The molecule has 1 N–H and O–H groups in total. The maximum atomic E-state index is 13.7. The summed E-state index contributed by atoms with van der Waals surface area (Å²) in [6.07, 6.45) is 1.93. The lowest BCUT2D eigenvalue weighted by molar-refractivity contribution is -0.130. The Morgan fingerprint density at radius 1 is 1.14 bits per heavy atom. The zero-order valence-corrected chi connectivity index (χ0v) is 21.3. The lowest BCUT2D eigenvalue weighted by Gasteiger charge is -2.36. The van der Waals surface area contributed by atoms with Gasteiger partial charge in [-0.1, -0.05) is 30.5 Å². The van der Waals surface area contributed by atoms with Crippen molar-refractivity contribution in [2.75, 3.05) is 70.5 Å². The number of rotatable bonds is 5. The van der Waals surface area contributed by atoms with Gasteiger partial charge in [0, 0.05) is 50.7 Å². The molecular weight excluding hydrogens is 478 g/mol. The number of thioether (sulfide) groups is 1. The number of hydrogen-bond acceptors (Lipinski definition) is 8. The normalized spacial score (nSPS) is 22.4. The number of allylic oxidation sites excluding steroid dienone is 1. The highest BCUT2D eigenvalue weighted by Gasteiger charge is 2.44. The van der Waals surface area contributed by atoms with E-state index in [1.54, 1.807) is 4.90 Å². The first kappa shape index (κ1) is 24.8. The maximum Gasteiger partial charge on any atom is 0.260 e. The van der Waals surface area contributed by atoms with Gasteiger partial charge in [-0.15, -0.1) is 0 Å². The number of fused-ring (bicyclic) bond motifs is 3. The average Bonchev–Trinajstić information content (AvgIpc) is 3.29. The van der Waals surface area contributed by atoms with Gasteiger partial charge in [-0.2, -0.15) is 0 Å². The van der Waals surface area contributed by atoms with Crippen LogP contribution < -0.4 is 4.90 Å². The number of anilines is 1. The SMILES string of the molecule is C=C1C(=O)C(C(=O)N2CCN(CCO)CC2)=C2Sc3ccccc3N2/C1=N/C(=C\C)N1CCOCC1. The summed E-state index contributed by atoms with van der Waals surface area (Å²) in [7, 11) is 0. The highest BCUT2D eigenvalue weighted by atomic mass is 32.2. The van der Waals surface area contributed by atoms with Gasteiger partial charge < -0.3 is 19.6 Å². The zero-order chi connectivity index (χ0) is 25.2. The van der Waals surface area contributed by atoms with Gasteiger partial charge >= 0.3 is 0 Å². The fraction of sp³-hybridized carbons (Fsp3) is 0.423. The zero-order valence-electron chi connectivity index (χ0n) is 20.5. The topological polar surface area (TPSA) is 88.9 Å². The number of aliphatic hydroxyl groups is 1. The minimum absolute atomic E-state index is 0.0895. The molecule has 4 aliphatic rings. The van der Waals surface area contributed by atoms with E-state index in [4.69, 9.17) is 9.73 Å². The Hall–Kier alpha value is -2.92. The van der Waals surface area contributed by atoms with Crippen LogP contribution in [0.2, 0.25) is 0 Å². The number of aliphatic imine (C=N–C) groups is 1. The smallest absolute Gasteiger partial charge is 0.260 e. The summed E-state index contributed by atoms with van der Waals surface area (Å²) in [5, 5.41) is 9.81. The van der Waals surface area contributed by atoms with Gasteiger partial charge in [0.1, 0.15) is 16.4 Å². The van der Waals surface area contributed by atoms with E-state index in [9.17, 15) is 14.7 Å². The van der Waals surface area contributed by atoms with Crippen LogP contribution in [0.4, 0.5) is 5.69 Å². The van der Waals surface area contributed by atoms with Crippen LogP contribution in [-0.2, 0) is 14.3 Å². The first-order valence-electron chi connectivity index (χ1n) is 12.3. The molecule has 0 spiro atoms. The third-order valence-electron chi connectivity index (χ3n) is 6.82. The first-order valence-corrected chi connectivity index (χ1v) is 13.1. The molecule has 2 saturated heterocycles. The fourth-order valence-corrected chi connectivity index (χ4v) is 6.02. The molecule has 0 saturated carbocycles. The molecule has 2 fully saturated rings. The summed E-state index contributed by atoms with van der Waals surface area (Å²) in [6, 6.07) is 7.86. The van der Waals surface area contributed by atoms with Crippen LogP contribution in [0.25, 0.3) is 0 Å². The van der Waals surface area contributed by atoms with Gasteiger partial charge in [-0.25, -0.2) is 4.99 Å². The third kappa shape index (κ3) is 4.50. The van der Waals surface area contributed by atoms with E-state index in [1.165, 1.54) is 11.8 Å². The first-order chi connectivity index (χ1) is 17.5. The van der Waals surface area contributed by atoms with Crippen molar-refractivity contribution in [2.24, 2.45) is 4.99 Å². The number of nitrogens with zero attached hydrogens (tertiary/aromatic N) is 5. The second-order valence-corrected chi connectivity index (χ2v) is 9.96. The standard InChI is InChI=1S/C26H31N5O4S/c1-3-21(29-13-16-35-17-14-29)27-24-18(2)23(33)22(25(34)30-10-8-28(9-11-30)12-15-32)26-31(24)19-6-4-5-7-20(19)36-26/h3-7,32H,2,8-17H2,1H3/b21-3+,27-24+. The van der Waals surface area contributed by atoms with Gasteiger partial charge in [-0.3, -0.25) is 19.4 Å². The Balaban J connectivity index is 1.53. The number of para-hydroxylation sites is 1. The van der Waals surface area contributed by atoms with Crippen molar-refractivity contribution in [3.05, 3.63) is 58.9 Å². The van der Waals surface area contributed by atoms with Crippen molar-refractivity contribution in [1.29, 1.82) is 0 Å². The average molecular weight is 510 g/mol. The molecule has 4 aliphatic heterocycles. The molecule has 1 amide bonds. The number of piperazine rings is 1. The number of amidine groups is 1. The Morgan fingerprint density at radius 2 is 1.86 bits per heavy atom. The number of aliphatic hydroxyl groups excluding tert-OH is 1. The van der Waals surface area contributed by atoms with Crippen molar-refractivity contribution < 1.29 is 19.4 Å². The molecule has 9 nitrogen and oxygen atoms in total.